The van der Waals surface area contributed by atoms with Gasteiger partial charge in [-0.2, -0.15) is 0 Å². The van der Waals surface area contributed by atoms with Crippen molar-refractivity contribution in [2.75, 3.05) is 19.6 Å². The zero-order valence-electron chi connectivity index (χ0n) is 70.0. The molecule has 0 fully saturated rings. The third-order valence-electron chi connectivity index (χ3n) is 25.3. The fourth-order valence-electron chi connectivity index (χ4n) is 19.5. The van der Waals surface area contributed by atoms with Crippen LogP contribution in [0.4, 0.5) is 65.5 Å². The van der Waals surface area contributed by atoms with Gasteiger partial charge < -0.3 is 19.6 Å². The van der Waals surface area contributed by atoms with Crippen LogP contribution in [-0.2, 0) is 10.8 Å². The fourth-order valence-corrected chi connectivity index (χ4v) is 35.5. The second-order valence-electron chi connectivity index (χ2n) is 33.4. The van der Waals surface area contributed by atoms with Crippen molar-refractivity contribution in [2.45, 2.75) is 50.1 Å². The standard InChI is InChI=1S/C62H50N2S2Si2.C34H22N2O2S2.C14H15BrSi.B/c1-67(2)53-37-21-17-33-47(53)61(48-34-18-22-38-54(48)67)51-41-57(63(43-25-9-5-10-26-43)44-27-11-6-12-28-44)66-60(51)62(49-35-19-23-39-55(49)68(3,4)56-40-24-20-36-50(56)62)52-42-58(65-59(52)61)64(45-29-13-7-14-30-45)46-31-15-8-16-32-46;37-31-27-21-29(35(23-13-5-1-6-14-23)24-15-7-2-8-16-24)39-33(27)32(38)28-22-30(40-34(28)31)36(25-17-9-3-10-18-25)26-19-11-4-12-20-26;1-16(2,12-8-4-3-5-9-12)14-11-7-6-10-13(14)15;/h5-42H,1-4H3;1-22H;3-11H,1-2H3;. The quantitative estimate of drug-likeness (QED) is 0.101. The number of carbonyl (C=O) groups excluding carboxylic acids is 2. The Bertz CT molecular complexity index is 6270. The van der Waals surface area contributed by atoms with E-state index in [-0.39, 0.29) is 20.0 Å². The SMILES string of the molecule is C[Si](C)(c1ccccc1)c1ccccc1Br.C[Si]1(C)c2ccccc2C2(c3ccccc31)c1cc(N(c3ccccc3)c3ccccc3)sc1C1(c3ccccc3[Si](C)(C)c3ccccc31)c1cc(N(c3ccccc3)c3ccccc3)sc12.O=C1c2cc(N(c3ccccc3)c3ccccc3)sc2C(=O)c2cc(N(c3ccccc3)c3ccccc3)sc21.[B]. The number of fused-ring (bicyclic) bond motifs is 16. The molecule has 6 heterocycles. The van der Waals surface area contributed by atoms with Crippen LogP contribution >= 0.6 is 61.3 Å². The Morgan fingerprint density at radius 2 is 0.496 bits per heavy atom. The molecule has 605 valence electrons. The highest BCUT2D eigenvalue weighted by atomic mass is 79.9. The average molecular weight is 1800 g/mol. The van der Waals surface area contributed by atoms with Crippen LogP contribution in [0.5, 0.6) is 0 Å². The van der Waals surface area contributed by atoms with Gasteiger partial charge in [-0.05, 0) is 187 Å². The van der Waals surface area contributed by atoms with Crippen LogP contribution in [0.15, 0.2) is 423 Å². The molecule has 0 atom stereocenters. The third-order valence-corrected chi connectivity index (χ3v) is 41.8. The van der Waals surface area contributed by atoms with Crippen molar-refractivity contribution in [3.63, 3.8) is 0 Å². The van der Waals surface area contributed by atoms with Crippen LogP contribution in [0.25, 0.3) is 0 Å². The molecule has 3 radical (unpaired) electrons. The summed E-state index contributed by atoms with van der Waals surface area (Å²) in [5, 5.41) is 13.1. The van der Waals surface area contributed by atoms with Crippen LogP contribution in [0.2, 0.25) is 39.3 Å². The summed E-state index contributed by atoms with van der Waals surface area (Å²) in [6, 6.07) is 151. The lowest BCUT2D eigenvalue weighted by atomic mass is 9.55. The number of ketones is 2. The Kier molecular flexibility index (Phi) is 22.1. The van der Waals surface area contributed by atoms with Crippen molar-refractivity contribution in [2.24, 2.45) is 0 Å². The molecular formula is C110H87BBrN4O2S4Si3. The van der Waals surface area contributed by atoms with E-state index < -0.39 is 35.1 Å². The number of carbonyl (C=O) groups is 2. The van der Waals surface area contributed by atoms with E-state index in [1.807, 2.05) is 156 Å². The Morgan fingerprint density at radius 3 is 0.760 bits per heavy atom. The predicted octanol–water partition coefficient (Wildman–Crippen LogP) is 26.5. The molecule has 0 saturated heterocycles. The minimum absolute atomic E-state index is 0. The number of hydrogen-bond donors (Lipinski definition) is 0. The number of benzene rings is 14. The number of hydrogen-bond acceptors (Lipinski definition) is 10. The van der Waals surface area contributed by atoms with Gasteiger partial charge in [0, 0.05) is 79.3 Å². The van der Waals surface area contributed by atoms with Crippen LogP contribution in [0.3, 0.4) is 0 Å². The van der Waals surface area contributed by atoms with Crippen molar-refractivity contribution in [3.8, 4) is 0 Å². The van der Waals surface area contributed by atoms with Gasteiger partial charge in [0.1, 0.15) is 44.2 Å². The molecule has 2 aliphatic heterocycles. The lowest BCUT2D eigenvalue weighted by molar-refractivity contribution is 0.0986. The van der Waals surface area contributed by atoms with Crippen molar-refractivity contribution >= 4 is 202 Å². The molecule has 22 rings (SSSR count). The van der Waals surface area contributed by atoms with E-state index in [0.717, 1.165) is 55.5 Å². The smallest absolute Gasteiger partial charge is 0.205 e. The average Bonchev–Trinajstić information content (AvgIpc) is 1.57. The van der Waals surface area contributed by atoms with Crippen LogP contribution in [0, 0.1) is 0 Å². The maximum atomic E-state index is 13.9. The van der Waals surface area contributed by atoms with Crippen LogP contribution < -0.4 is 50.7 Å². The number of halogens is 1. The van der Waals surface area contributed by atoms with E-state index in [1.165, 1.54) is 111 Å². The highest BCUT2D eigenvalue weighted by Gasteiger charge is 2.63. The topological polar surface area (TPSA) is 47.1 Å². The van der Waals surface area contributed by atoms with Gasteiger partial charge in [-0.3, -0.25) is 9.59 Å². The van der Waals surface area contributed by atoms with E-state index >= 15 is 0 Å². The molecule has 0 bridgehead atoms. The zero-order valence-corrected chi connectivity index (χ0v) is 77.9. The Labute approximate surface area is 761 Å². The van der Waals surface area contributed by atoms with E-state index in [4.69, 9.17) is 0 Å². The molecule has 6 nitrogen and oxygen atoms in total. The van der Waals surface area contributed by atoms with E-state index in [2.05, 4.69) is 360 Å². The summed E-state index contributed by atoms with van der Waals surface area (Å²) in [5.74, 6) is -0.212. The highest BCUT2D eigenvalue weighted by molar-refractivity contribution is 9.10. The fraction of sp³-hybridized carbons (Fsp3) is 0.0727. The van der Waals surface area contributed by atoms with Gasteiger partial charge in [-0.15, -0.1) is 45.3 Å². The molecular weight excluding hydrogens is 1710 g/mol. The predicted molar refractivity (Wildman–Crippen MR) is 543 cm³/mol. The first-order valence-corrected chi connectivity index (χ1v) is 55.1. The zero-order chi connectivity index (χ0) is 84.5. The monoisotopic (exact) mass is 1800 g/mol. The summed E-state index contributed by atoms with van der Waals surface area (Å²) < 4.78 is 1.23. The van der Waals surface area contributed by atoms with Crippen LogP contribution in [0.1, 0.15) is 73.6 Å². The Hall–Kier alpha value is -12.4. The Balaban J connectivity index is 0.000000150. The molecule has 4 aliphatic rings. The molecule has 14 aromatic carbocycles. The summed E-state index contributed by atoms with van der Waals surface area (Å²) in [7, 11) is -5.98. The van der Waals surface area contributed by atoms with Crippen LogP contribution in [-0.4, -0.2) is 44.2 Å². The maximum Gasteiger partial charge on any atom is 0.205 e. The first-order chi connectivity index (χ1) is 60.6. The number of anilines is 12. The third kappa shape index (κ3) is 13.9. The Morgan fingerprint density at radius 1 is 0.272 bits per heavy atom. The summed E-state index contributed by atoms with van der Waals surface area (Å²) in [5.41, 5.74) is 16.6. The summed E-state index contributed by atoms with van der Waals surface area (Å²) in [6.45, 7) is 15.1. The molecule has 4 aromatic heterocycles. The normalized spacial score (nSPS) is 13.9. The molecule has 2 spiro atoms. The van der Waals surface area contributed by atoms with E-state index in [1.54, 1.807) is 0 Å². The number of rotatable bonds is 14. The second kappa shape index (κ2) is 33.6. The van der Waals surface area contributed by atoms with Crippen molar-refractivity contribution in [1.29, 1.82) is 0 Å². The minimum Gasteiger partial charge on any atom is -0.302 e. The number of nitrogens with zero attached hydrogens (tertiary/aromatic N) is 4. The number of para-hydroxylation sites is 8. The van der Waals surface area contributed by atoms with Gasteiger partial charge in [-0.25, -0.2) is 0 Å². The first-order valence-electron chi connectivity index (χ1n) is 42.1. The van der Waals surface area contributed by atoms with Crippen molar-refractivity contribution < 1.29 is 9.59 Å². The summed E-state index contributed by atoms with van der Waals surface area (Å²) in [4.78, 5) is 40.8. The molecule has 125 heavy (non-hydrogen) atoms. The van der Waals surface area contributed by atoms with Gasteiger partial charge in [0.05, 0.1) is 20.6 Å². The molecule has 18 aromatic rings. The van der Waals surface area contributed by atoms with Gasteiger partial charge in [0.25, 0.3) is 0 Å². The second-order valence-corrected chi connectivity index (χ2v) is 51.4. The molecule has 0 N–H and O–H groups in total. The molecule has 2 aliphatic carbocycles. The minimum atomic E-state index is -2.21. The largest absolute Gasteiger partial charge is 0.302 e. The number of thiophene rings is 4. The lowest BCUT2D eigenvalue weighted by Gasteiger charge is -2.54. The van der Waals surface area contributed by atoms with Crippen molar-refractivity contribution in [3.05, 3.63) is 487 Å². The molecule has 0 saturated carbocycles. The highest BCUT2D eigenvalue weighted by Crippen LogP contribution is 2.67. The first kappa shape index (κ1) is 82.2. The van der Waals surface area contributed by atoms with Crippen molar-refractivity contribution in [1.82, 2.24) is 0 Å². The summed E-state index contributed by atoms with van der Waals surface area (Å²) in [6.07, 6.45) is 0. The molecule has 0 amide bonds. The van der Waals surface area contributed by atoms with Gasteiger partial charge >= 0.3 is 0 Å². The van der Waals surface area contributed by atoms with E-state index in [9.17, 15) is 9.59 Å². The molecule has 15 heteroatoms. The maximum absolute atomic E-state index is 13.9. The molecule has 0 unspecified atom stereocenters. The van der Waals surface area contributed by atoms with E-state index in [0.29, 0.717) is 20.9 Å². The lowest BCUT2D eigenvalue weighted by Crippen LogP contribution is -2.66. The van der Waals surface area contributed by atoms with Gasteiger partial charge in [0.2, 0.25) is 11.6 Å². The van der Waals surface area contributed by atoms with Gasteiger partial charge in [-0.1, -0.05) is 352 Å². The summed E-state index contributed by atoms with van der Waals surface area (Å²) >= 11 is 10.4. The van der Waals surface area contributed by atoms with Gasteiger partial charge in [0.15, 0.2) is 0 Å².